The van der Waals surface area contributed by atoms with Gasteiger partial charge in [0.15, 0.2) is 5.16 Å². The zero-order chi connectivity index (χ0) is 21.8. The highest BCUT2D eigenvalue weighted by Gasteiger charge is 2.19. The summed E-state index contributed by atoms with van der Waals surface area (Å²) in [7, 11) is 0. The highest BCUT2D eigenvalue weighted by Crippen LogP contribution is 2.29. The van der Waals surface area contributed by atoms with Crippen LogP contribution in [0.25, 0.3) is 10.2 Å². The van der Waals surface area contributed by atoms with Crippen LogP contribution in [-0.4, -0.2) is 27.3 Å². The number of carbonyl (C=O) groups excluding carboxylic acids is 1. The fraction of sp³-hybridized carbons (Fsp3) is 0.435. The number of fused-ring (bicyclic) bond motifs is 1. The number of nitrogens with one attached hydrogen (secondary N) is 1. The van der Waals surface area contributed by atoms with Crippen molar-refractivity contribution in [3.8, 4) is 0 Å². The zero-order valence-electron chi connectivity index (χ0n) is 18.2. The van der Waals surface area contributed by atoms with Gasteiger partial charge in [0.25, 0.3) is 5.56 Å². The molecule has 1 N–H and O–H groups in total. The van der Waals surface area contributed by atoms with Crippen LogP contribution in [0.4, 0.5) is 0 Å². The molecule has 3 aromatic rings. The molecule has 0 saturated heterocycles. The number of hydrogen-bond donors (Lipinski definition) is 1. The van der Waals surface area contributed by atoms with E-state index in [2.05, 4.69) is 12.2 Å². The standard InChI is InChI=1S/C23H29N3O2S2/c1-6-15(4)24-19(27)13-29-23-25-21-20(16(5)18(7-2)30-21)22(28)26(23)12-17-10-8-14(3)9-11-17/h8-11,15H,6-7,12-13H2,1-5H3,(H,24,27). The molecule has 7 heteroatoms. The largest absolute Gasteiger partial charge is 0.353 e. The van der Waals surface area contributed by atoms with Gasteiger partial charge in [-0.05, 0) is 44.7 Å². The third-order valence-electron chi connectivity index (χ3n) is 5.25. The van der Waals surface area contributed by atoms with E-state index >= 15 is 0 Å². The molecular formula is C23H29N3O2S2. The molecule has 0 aliphatic carbocycles. The lowest BCUT2D eigenvalue weighted by molar-refractivity contribution is -0.119. The smallest absolute Gasteiger partial charge is 0.263 e. The first kappa shape index (κ1) is 22.6. The van der Waals surface area contributed by atoms with Crippen molar-refractivity contribution >= 4 is 39.2 Å². The molecule has 0 bridgehead atoms. The Morgan fingerprint density at radius 3 is 2.57 bits per heavy atom. The Bertz CT molecular complexity index is 1100. The quantitative estimate of drug-likeness (QED) is 0.405. The molecule has 1 unspecified atom stereocenters. The second kappa shape index (κ2) is 9.79. The van der Waals surface area contributed by atoms with Gasteiger partial charge in [-0.25, -0.2) is 4.98 Å². The summed E-state index contributed by atoms with van der Waals surface area (Å²) in [5, 5.41) is 4.28. The molecule has 1 amide bonds. The number of thioether (sulfide) groups is 1. The van der Waals surface area contributed by atoms with Gasteiger partial charge >= 0.3 is 0 Å². The minimum absolute atomic E-state index is 0.0288. The molecule has 0 spiro atoms. The topological polar surface area (TPSA) is 64.0 Å². The first-order valence-corrected chi connectivity index (χ1v) is 12.1. The molecule has 0 fully saturated rings. The Labute approximate surface area is 185 Å². The Kier molecular flexibility index (Phi) is 7.36. The number of aryl methyl sites for hydroxylation is 3. The predicted molar refractivity (Wildman–Crippen MR) is 127 cm³/mol. The van der Waals surface area contributed by atoms with Crippen LogP contribution in [0, 0.1) is 13.8 Å². The first-order chi connectivity index (χ1) is 14.3. The molecule has 0 saturated carbocycles. The molecule has 0 aliphatic heterocycles. The second-order valence-corrected chi connectivity index (χ2v) is 9.65. The number of benzene rings is 1. The number of amides is 1. The van der Waals surface area contributed by atoms with Gasteiger partial charge < -0.3 is 5.32 Å². The lowest BCUT2D eigenvalue weighted by atomic mass is 10.1. The van der Waals surface area contributed by atoms with Gasteiger partial charge in [-0.1, -0.05) is 55.4 Å². The van der Waals surface area contributed by atoms with Gasteiger partial charge in [0.05, 0.1) is 17.7 Å². The van der Waals surface area contributed by atoms with Crippen molar-refractivity contribution in [2.75, 3.05) is 5.75 Å². The van der Waals surface area contributed by atoms with E-state index in [9.17, 15) is 9.59 Å². The molecular weight excluding hydrogens is 414 g/mol. The monoisotopic (exact) mass is 443 g/mol. The second-order valence-electron chi connectivity index (χ2n) is 7.62. The maximum Gasteiger partial charge on any atom is 0.263 e. The zero-order valence-corrected chi connectivity index (χ0v) is 19.9. The number of nitrogens with zero attached hydrogens (tertiary/aromatic N) is 2. The summed E-state index contributed by atoms with van der Waals surface area (Å²) in [6.45, 7) is 10.6. The third kappa shape index (κ3) is 4.95. The Hall–Kier alpha value is -2.12. The fourth-order valence-electron chi connectivity index (χ4n) is 3.26. The van der Waals surface area contributed by atoms with Crippen LogP contribution in [0.3, 0.4) is 0 Å². The van der Waals surface area contributed by atoms with E-state index < -0.39 is 0 Å². The highest BCUT2D eigenvalue weighted by molar-refractivity contribution is 7.99. The molecule has 1 aromatic carbocycles. The lowest BCUT2D eigenvalue weighted by Gasteiger charge is -2.14. The van der Waals surface area contributed by atoms with Crippen LogP contribution in [0.1, 0.15) is 48.8 Å². The molecule has 2 aromatic heterocycles. The number of carbonyl (C=O) groups is 1. The summed E-state index contributed by atoms with van der Waals surface area (Å²) >= 11 is 2.91. The fourth-order valence-corrected chi connectivity index (χ4v) is 5.22. The van der Waals surface area contributed by atoms with Crippen LogP contribution in [0.5, 0.6) is 0 Å². The van der Waals surface area contributed by atoms with Gasteiger partial charge in [-0.15, -0.1) is 11.3 Å². The normalized spacial score (nSPS) is 12.3. The molecule has 30 heavy (non-hydrogen) atoms. The minimum atomic E-state index is -0.0396. The summed E-state index contributed by atoms with van der Waals surface area (Å²) in [5.74, 6) is 0.198. The van der Waals surface area contributed by atoms with Crippen LogP contribution in [-0.2, 0) is 17.8 Å². The number of hydrogen-bond acceptors (Lipinski definition) is 5. The van der Waals surface area contributed by atoms with Crippen molar-refractivity contribution in [1.82, 2.24) is 14.9 Å². The van der Waals surface area contributed by atoms with Crippen molar-refractivity contribution in [3.05, 3.63) is 56.2 Å². The number of aromatic nitrogens is 2. The van der Waals surface area contributed by atoms with Crippen molar-refractivity contribution in [2.24, 2.45) is 0 Å². The van der Waals surface area contributed by atoms with Gasteiger partial charge in [0.1, 0.15) is 4.83 Å². The average Bonchev–Trinajstić information content (AvgIpc) is 3.05. The molecule has 3 rings (SSSR count). The number of rotatable bonds is 8. The Morgan fingerprint density at radius 2 is 1.93 bits per heavy atom. The van der Waals surface area contributed by atoms with E-state index in [0.29, 0.717) is 17.1 Å². The molecule has 2 heterocycles. The van der Waals surface area contributed by atoms with Gasteiger partial charge in [-0.2, -0.15) is 0 Å². The van der Waals surface area contributed by atoms with Crippen LogP contribution >= 0.6 is 23.1 Å². The highest BCUT2D eigenvalue weighted by atomic mass is 32.2. The van der Waals surface area contributed by atoms with Crippen LogP contribution < -0.4 is 10.9 Å². The van der Waals surface area contributed by atoms with Gasteiger partial charge in [0.2, 0.25) is 5.91 Å². The van der Waals surface area contributed by atoms with E-state index in [1.54, 1.807) is 15.9 Å². The molecule has 1 atom stereocenters. The van der Waals surface area contributed by atoms with Crippen LogP contribution in [0.15, 0.2) is 34.2 Å². The van der Waals surface area contributed by atoms with Crippen molar-refractivity contribution in [2.45, 2.75) is 65.2 Å². The SMILES string of the molecule is CCc1sc2nc(SCC(=O)NC(C)CC)n(Cc3ccc(C)cc3)c(=O)c2c1C. The summed E-state index contributed by atoms with van der Waals surface area (Å²) in [6.07, 6.45) is 1.76. The average molecular weight is 444 g/mol. The van der Waals surface area contributed by atoms with Crippen LogP contribution in [0.2, 0.25) is 0 Å². The van der Waals surface area contributed by atoms with E-state index in [0.717, 1.165) is 28.8 Å². The van der Waals surface area contributed by atoms with Gasteiger partial charge in [-0.3, -0.25) is 14.2 Å². The molecule has 5 nitrogen and oxygen atoms in total. The maximum absolute atomic E-state index is 13.5. The Balaban J connectivity index is 2.00. The molecule has 0 radical (unpaired) electrons. The summed E-state index contributed by atoms with van der Waals surface area (Å²) in [6, 6.07) is 8.30. The number of thiophene rings is 1. The van der Waals surface area contributed by atoms with E-state index in [1.807, 2.05) is 52.0 Å². The third-order valence-corrected chi connectivity index (χ3v) is 7.56. The summed E-state index contributed by atoms with van der Waals surface area (Å²) < 4.78 is 1.72. The summed E-state index contributed by atoms with van der Waals surface area (Å²) in [4.78, 5) is 32.5. The van der Waals surface area contributed by atoms with Crippen molar-refractivity contribution in [1.29, 1.82) is 0 Å². The van der Waals surface area contributed by atoms with E-state index in [4.69, 9.17) is 4.98 Å². The molecule has 160 valence electrons. The lowest BCUT2D eigenvalue weighted by Crippen LogP contribution is -2.33. The minimum Gasteiger partial charge on any atom is -0.353 e. The Morgan fingerprint density at radius 1 is 1.23 bits per heavy atom. The molecule has 0 aliphatic rings. The first-order valence-electron chi connectivity index (χ1n) is 10.3. The van der Waals surface area contributed by atoms with Crippen molar-refractivity contribution in [3.63, 3.8) is 0 Å². The van der Waals surface area contributed by atoms with E-state index in [1.165, 1.54) is 22.2 Å². The summed E-state index contributed by atoms with van der Waals surface area (Å²) in [5.41, 5.74) is 3.22. The maximum atomic E-state index is 13.5. The van der Waals surface area contributed by atoms with Crippen molar-refractivity contribution < 1.29 is 4.79 Å². The predicted octanol–water partition coefficient (Wildman–Crippen LogP) is 4.69. The van der Waals surface area contributed by atoms with E-state index in [-0.39, 0.29) is 23.3 Å². The van der Waals surface area contributed by atoms with Gasteiger partial charge in [0, 0.05) is 10.9 Å².